The number of rotatable bonds is 14. The van der Waals surface area contributed by atoms with Crippen molar-refractivity contribution >= 4 is 11.6 Å². The van der Waals surface area contributed by atoms with Gasteiger partial charge in [-0.3, -0.25) is 9.59 Å². The summed E-state index contributed by atoms with van der Waals surface area (Å²) < 4.78 is 0. The van der Waals surface area contributed by atoms with E-state index in [1.807, 2.05) is 0 Å². The maximum Gasteiger partial charge on any atom is 0.170 e. The van der Waals surface area contributed by atoms with Crippen molar-refractivity contribution in [3.05, 3.63) is 23.5 Å². The fourth-order valence-electron chi connectivity index (χ4n) is 3.27. The van der Waals surface area contributed by atoms with Crippen LogP contribution < -0.4 is 0 Å². The second-order valence-corrected chi connectivity index (χ2v) is 7.29. The molecule has 4 nitrogen and oxygen atoms in total. The predicted octanol–water partition coefficient (Wildman–Crippen LogP) is 5.35. The first-order valence-corrected chi connectivity index (χ1v) is 10.4. The molecular weight excluding hydrogens is 328 g/mol. The maximum absolute atomic E-state index is 12.1. The van der Waals surface area contributed by atoms with Crippen LogP contribution in [-0.4, -0.2) is 27.9 Å². The third kappa shape index (κ3) is 8.79. The average Bonchev–Trinajstić information content (AvgIpc) is 2.62. The van der Waals surface area contributed by atoms with Crippen LogP contribution in [0, 0.1) is 0 Å². The Morgan fingerprint density at radius 1 is 1.00 bits per heavy atom. The van der Waals surface area contributed by atoms with Crippen LogP contribution in [0.2, 0.25) is 0 Å². The largest absolute Gasteiger partial charge is 0.509 e. The maximum atomic E-state index is 12.1. The molecule has 0 unspecified atom stereocenters. The molecule has 0 aromatic carbocycles. The van der Waals surface area contributed by atoms with Crippen LogP contribution in [0.3, 0.4) is 0 Å². The Morgan fingerprint density at radius 2 is 1.58 bits per heavy atom. The Hall–Kier alpha value is -1.42. The summed E-state index contributed by atoms with van der Waals surface area (Å²) in [6.45, 7) is 2.22. The normalized spacial score (nSPS) is 18.1. The predicted molar refractivity (Wildman–Crippen MR) is 105 cm³/mol. The second kappa shape index (κ2) is 13.7. The smallest absolute Gasteiger partial charge is 0.170 e. The van der Waals surface area contributed by atoms with Crippen molar-refractivity contribution in [2.75, 3.05) is 0 Å². The molecule has 148 valence electrons. The van der Waals surface area contributed by atoms with Gasteiger partial charge in [0.05, 0.1) is 0 Å². The Kier molecular flexibility index (Phi) is 12.0. The van der Waals surface area contributed by atoms with E-state index in [-0.39, 0.29) is 36.4 Å². The van der Waals surface area contributed by atoms with E-state index >= 15 is 0 Å². The molecule has 0 amide bonds. The highest BCUT2D eigenvalue weighted by atomic mass is 16.3. The zero-order valence-corrected chi connectivity index (χ0v) is 16.3. The molecule has 0 saturated carbocycles. The summed E-state index contributed by atoms with van der Waals surface area (Å²) >= 11 is 0. The first-order valence-electron chi connectivity index (χ1n) is 10.4. The Morgan fingerprint density at radius 3 is 2.23 bits per heavy atom. The Balaban J connectivity index is 2.04. The molecule has 1 rings (SSSR count). The van der Waals surface area contributed by atoms with Crippen LogP contribution >= 0.6 is 0 Å². The van der Waals surface area contributed by atoms with Gasteiger partial charge in [-0.1, -0.05) is 57.6 Å². The van der Waals surface area contributed by atoms with E-state index in [9.17, 15) is 19.8 Å². The molecule has 0 aliphatic heterocycles. The van der Waals surface area contributed by atoms with Gasteiger partial charge in [-0.05, 0) is 38.5 Å². The van der Waals surface area contributed by atoms with Crippen molar-refractivity contribution in [1.29, 1.82) is 0 Å². The van der Waals surface area contributed by atoms with Crippen molar-refractivity contribution in [3.63, 3.8) is 0 Å². The highest BCUT2D eigenvalue weighted by Gasteiger charge is 2.30. The molecule has 0 radical (unpaired) electrons. The summed E-state index contributed by atoms with van der Waals surface area (Å²) in [6, 6.07) is 0. The molecule has 4 heteroatoms. The molecule has 1 aliphatic carbocycles. The van der Waals surface area contributed by atoms with E-state index in [1.54, 1.807) is 0 Å². The lowest BCUT2D eigenvalue weighted by Crippen LogP contribution is -2.27. The standard InChI is InChI=1S/C22H36O4/c1-2-3-4-5-6-7-8-9-10-11-12-13-14-15-18(23)21-19(24)16-17-20(25)22(21)26/h6-7,20,25-26H,2-5,8-17H2,1H3/b7-6-/t20-/m1/s1. The van der Waals surface area contributed by atoms with E-state index in [0.29, 0.717) is 0 Å². The van der Waals surface area contributed by atoms with Gasteiger partial charge in [-0.2, -0.15) is 0 Å². The van der Waals surface area contributed by atoms with Crippen LogP contribution in [0.15, 0.2) is 23.5 Å². The van der Waals surface area contributed by atoms with Gasteiger partial charge in [0.2, 0.25) is 0 Å². The van der Waals surface area contributed by atoms with Crippen LogP contribution in [0.1, 0.15) is 96.8 Å². The number of unbranched alkanes of at least 4 members (excludes halogenated alkanes) is 9. The lowest BCUT2D eigenvalue weighted by atomic mass is 9.89. The molecule has 0 aromatic rings. The van der Waals surface area contributed by atoms with E-state index in [2.05, 4.69) is 19.1 Å². The number of hydrogen-bond donors (Lipinski definition) is 2. The zero-order valence-electron chi connectivity index (χ0n) is 16.3. The minimum absolute atomic E-state index is 0.138. The van der Waals surface area contributed by atoms with Gasteiger partial charge >= 0.3 is 0 Å². The molecule has 0 spiro atoms. The topological polar surface area (TPSA) is 74.6 Å². The minimum atomic E-state index is -1.06. The SMILES string of the molecule is CCCCC/C=C\CCCCCCCCC(=O)C1=C(O)[C@H](O)CCC1=O. The first-order chi connectivity index (χ1) is 12.6. The van der Waals surface area contributed by atoms with Gasteiger partial charge in [0.1, 0.15) is 17.4 Å². The van der Waals surface area contributed by atoms with E-state index in [1.165, 1.54) is 44.9 Å². The van der Waals surface area contributed by atoms with Crippen molar-refractivity contribution in [2.24, 2.45) is 0 Å². The summed E-state index contributed by atoms with van der Waals surface area (Å²) in [5.41, 5.74) is -0.158. The summed E-state index contributed by atoms with van der Waals surface area (Å²) in [6.07, 6.45) is 16.8. The van der Waals surface area contributed by atoms with Gasteiger partial charge in [-0.25, -0.2) is 0 Å². The quantitative estimate of drug-likeness (QED) is 0.247. The van der Waals surface area contributed by atoms with Gasteiger partial charge in [0.25, 0.3) is 0 Å². The minimum Gasteiger partial charge on any atom is -0.509 e. The third-order valence-corrected chi connectivity index (χ3v) is 4.94. The van der Waals surface area contributed by atoms with Crippen molar-refractivity contribution in [2.45, 2.75) is 103 Å². The van der Waals surface area contributed by atoms with E-state index in [4.69, 9.17) is 0 Å². The van der Waals surface area contributed by atoms with Crippen LogP contribution in [0.5, 0.6) is 0 Å². The van der Waals surface area contributed by atoms with Crippen LogP contribution in [-0.2, 0) is 9.59 Å². The molecule has 26 heavy (non-hydrogen) atoms. The van der Waals surface area contributed by atoms with Gasteiger partial charge in [0.15, 0.2) is 11.6 Å². The molecule has 1 atom stereocenters. The Bertz CT molecular complexity index is 490. The molecule has 0 saturated heterocycles. The van der Waals surface area contributed by atoms with Crippen molar-refractivity contribution in [3.8, 4) is 0 Å². The number of allylic oxidation sites excluding steroid dienone is 3. The fourth-order valence-corrected chi connectivity index (χ4v) is 3.27. The van der Waals surface area contributed by atoms with Crippen molar-refractivity contribution < 1.29 is 19.8 Å². The zero-order chi connectivity index (χ0) is 19.2. The fraction of sp³-hybridized carbons (Fsp3) is 0.727. The van der Waals surface area contributed by atoms with E-state index < -0.39 is 11.9 Å². The lowest BCUT2D eigenvalue weighted by Gasteiger charge is -2.18. The Labute approximate surface area is 158 Å². The number of aliphatic hydroxyl groups excluding tert-OH is 2. The molecule has 0 bridgehead atoms. The highest BCUT2D eigenvalue weighted by Crippen LogP contribution is 2.23. The monoisotopic (exact) mass is 364 g/mol. The molecule has 0 heterocycles. The van der Waals surface area contributed by atoms with Crippen LogP contribution in [0.25, 0.3) is 0 Å². The number of ketones is 2. The summed E-state index contributed by atoms with van der Waals surface area (Å²) in [5, 5.41) is 19.3. The van der Waals surface area contributed by atoms with Gasteiger partial charge < -0.3 is 10.2 Å². The van der Waals surface area contributed by atoms with E-state index in [0.717, 1.165) is 25.7 Å². The lowest BCUT2D eigenvalue weighted by molar-refractivity contribution is -0.123. The molecular formula is C22H36O4. The summed E-state index contributed by atoms with van der Waals surface area (Å²) in [5.74, 6) is -1.07. The van der Waals surface area contributed by atoms with Gasteiger partial charge in [-0.15, -0.1) is 0 Å². The molecule has 0 aromatic heterocycles. The number of carbonyl (C=O) groups is 2. The second-order valence-electron chi connectivity index (χ2n) is 7.29. The van der Waals surface area contributed by atoms with Crippen LogP contribution in [0.4, 0.5) is 0 Å². The third-order valence-electron chi connectivity index (χ3n) is 4.94. The molecule has 2 N–H and O–H groups in total. The number of hydrogen-bond acceptors (Lipinski definition) is 4. The number of carbonyl (C=O) groups excluding carboxylic acids is 2. The van der Waals surface area contributed by atoms with Crippen molar-refractivity contribution in [1.82, 2.24) is 0 Å². The highest BCUT2D eigenvalue weighted by molar-refractivity contribution is 6.21. The molecule has 1 aliphatic rings. The van der Waals surface area contributed by atoms with Gasteiger partial charge in [0, 0.05) is 12.8 Å². The summed E-state index contributed by atoms with van der Waals surface area (Å²) in [4.78, 5) is 23.9. The molecule has 0 fully saturated rings. The number of Topliss-reactive ketones (excluding diaryl/α,β-unsaturated/α-hetero) is 2. The summed E-state index contributed by atoms with van der Waals surface area (Å²) in [7, 11) is 0. The average molecular weight is 365 g/mol. The number of aliphatic hydroxyl groups is 2. The first kappa shape index (κ1) is 22.6.